The van der Waals surface area contributed by atoms with E-state index in [2.05, 4.69) is 45.9 Å². The quantitative estimate of drug-likeness (QED) is 0.118. The van der Waals surface area contributed by atoms with E-state index < -0.39 is 34.8 Å². The molecular weight excluding hydrogens is 983 g/mol. The SMILES string of the molecule is CC(C)(C)OC(=O)N[C@@H]1CCCN(c2ccccc2NC(=O)c2cc(Cc3ccn4c(=O)n(-c5cccc(C(=O)Nc6cnccc6N6CCN(C(=O)OC(C)(C)C)CC6)n5)nc4n3)cc(-n3ncc4ccccc43)n2)C1. The van der Waals surface area contributed by atoms with Gasteiger partial charge in [0.2, 0.25) is 0 Å². The van der Waals surface area contributed by atoms with E-state index in [4.69, 9.17) is 19.4 Å². The van der Waals surface area contributed by atoms with Crippen molar-refractivity contribution in [3.05, 3.63) is 149 Å². The summed E-state index contributed by atoms with van der Waals surface area (Å²) < 4.78 is 15.1. The van der Waals surface area contributed by atoms with Crippen LogP contribution in [0.1, 0.15) is 86.6 Å². The molecule has 2 fully saturated rings. The number of para-hydroxylation sites is 3. The van der Waals surface area contributed by atoms with Crippen LogP contribution in [0.15, 0.2) is 121 Å². The fraction of sp³-hybridized carbons (Fsp3) is 0.327. The molecule has 8 heterocycles. The normalized spacial score (nSPS) is 15.1. The van der Waals surface area contributed by atoms with E-state index in [1.807, 2.05) is 96.1 Å². The molecule has 0 spiro atoms. The van der Waals surface area contributed by atoms with Crippen molar-refractivity contribution in [1.82, 2.24) is 54.1 Å². The molecule has 22 nitrogen and oxygen atoms in total. The van der Waals surface area contributed by atoms with Gasteiger partial charge in [-0.25, -0.2) is 38.4 Å². The molecule has 3 N–H and O–H groups in total. The monoisotopic (exact) mass is 1040 g/mol. The van der Waals surface area contributed by atoms with Gasteiger partial charge >= 0.3 is 17.9 Å². The van der Waals surface area contributed by atoms with Crippen LogP contribution in [0.5, 0.6) is 0 Å². The summed E-state index contributed by atoms with van der Waals surface area (Å²) >= 11 is 0. The van der Waals surface area contributed by atoms with Crippen molar-refractivity contribution in [2.75, 3.05) is 59.7 Å². The van der Waals surface area contributed by atoms with Crippen LogP contribution in [0, 0.1) is 0 Å². The molecule has 2 saturated heterocycles. The van der Waals surface area contributed by atoms with Gasteiger partial charge < -0.3 is 40.1 Å². The molecule has 0 unspecified atom stereocenters. The fourth-order valence-corrected chi connectivity index (χ4v) is 9.31. The second kappa shape index (κ2) is 21.2. The van der Waals surface area contributed by atoms with E-state index in [-0.39, 0.29) is 41.5 Å². The highest BCUT2D eigenvalue weighted by Gasteiger charge is 2.29. The molecule has 0 saturated carbocycles. The van der Waals surface area contributed by atoms with Gasteiger partial charge in [0.05, 0.1) is 46.4 Å². The number of benzene rings is 2. The molecular formula is C55H59N15O7. The highest BCUT2D eigenvalue weighted by Crippen LogP contribution is 2.31. The first kappa shape index (κ1) is 51.3. The molecule has 2 aliphatic rings. The topological polar surface area (TPSA) is 241 Å². The van der Waals surface area contributed by atoms with E-state index in [0.717, 1.165) is 46.3 Å². The summed E-state index contributed by atoms with van der Waals surface area (Å²) in [5.41, 5.74) is 2.93. The van der Waals surface area contributed by atoms with Crippen molar-refractivity contribution in [2.45, 2.75) is 78.0 Å². The van der Waals surface area contributed by atoms with E-state index in [0.29, 0.717) is 61.2 Å². The zero-order chi connectivity index (χ0) is 54.0. The third-order valence-corrected chi connectivity index (χ3v) is 12.8. The number of hydrogen-bond acceptors (Lipinski definition) is 15. The van der Waals surface area contributed by atoms with E-state index in [1.165, 1.54) is 10.5 Å². The highest BCUT2D eigenvalue weighted by molar-refractivity contribution is 6.05. The number of rotatable bonds is 11. The predicted octanol–water partition coefficient (Wildman–Crippen LogP) is 7.05. The van der Waals surface area contributed by atoms with Crippen molar-refractivity contribution in [3.63, 3.8) is 0 Å². The molecule has 4 amide bonds. The molecule has 1 atom stereocenters. The number of carbonyl (C=O) groups excluding carboxylic acids is 4. The van der Waals surface area contributed by atoms with Crippen LogP contribution in [0.4, 0.5) is 32.3 Å². The molecule has 2 aromatic carbocycles. The van der Waals surface area contributed by atoms with Gasteiger partial charge in [-0.2, -0.15) is 9.78 Å². The molecule has 0 aliphatic carbocycles. The number of amides is 4. The zero-order valence-electron chi connectivity index (χ0n) is 43.6. The van der Waals surface area contributed by atoms with E-state index in [9.17, 15) is 24.0 Å². The van der Waals surface area contributed by atoms with Crippen LogP contribution in [-0.4, -0.2) is 129 Å². The van der Waals surface area contributed by atoms with Crippen molar-refractivity contribution in [1.29, 1.82) is 0 Å². The lowest BCUT2D eigenvalue weighted by Crippen LogP contribution is -2.50. The number of carbonyl (C=O) groups is 4. The number of piperidine rings is 1. The van der Waals surface area contributed by atoms with E-state index in [1.54, 1.807) is 64.7 Å². The van der Waals surface area contributed by atoms with Crippen LogP contribution in [-0.2, 0) is 15.9 Å². The summed E-state index contributed by atoms with van der Waals surface area (Å²) in [6.45, 7) is 14.1. The van der Waals surface area contributed by atoms with Crippen LogP contribution in [0.3, 0.4) is 0 Å². The van der Waals surface area contributed by atoms with Gasteiger partial charge in [0.25, 0.3) is 17.6 Å². The summed E-state index contributed by atoms with van der Waals surface area (Å²) in [5.74, 6) is -0.402. The molecule has 396 valence electrons. The molecule has 22 heteroatoms. The third-order valence-electron chi connectivity index (χ3n) is 12.8. The van der Waals surface area contributed by atoms with Gasteiger partial charge in [-0.1, -0.05) is 36.4 Å². The number of ether oxygens (including phenoxy) is 2. The second-order valence-corrected chi connectivity index (χ2v) is 20.9. The first-order valence-corrected chi connectivity index (χ1v) is 25.4. The maximum absolute atomic E-state index is 14.4. The summed E-state index contributed by atoms with van der Waals surface area (Å²) in [5, 5.41) is 19.1. The smallest absolute Gasteiger partial charge is 0.410 e. The summed E-state index contributed by atoms with van der Waals surface area (Å²) in [6.07, 6.45) is 7.47. The van der Waals surface area contributed by atoms with Gasteiger partial charge in [0.15, 0.2) is 11.6 Å². The van der Waals surface area contributed by atoms with Crippen molar-refractivity contribution >= 4 is 63.4 Å². The number of nitrogens with zero attached hydrogens (tertiary/aromatic N) is 12. The van der Waals surface area contributed by atoms with Crippen molar-refractivity contribution < 1.29 is 28.7 Å². The molecule has 2 aliphatic heterocycles. The third kappa shape index (κ3) is 11.9. The van der Waals surface area contributed by atoms with Crippen molar-refractivity contribution in [3.8, 4) is 11.6 Å². The Morgan fingerprint density at radius 3 is 2.22 bits per heavy atom. The number of hydrogen-bond donors (Lipinski definition) is 3. The van der Waals surface area contributed by atoms with Gasteiger partial charge in [0, 0.05) is 69.5 Å². The largest absolute Gasteiger partial charge is 0.444 e. The number of nitrogens with one attached hydrogen (secondary N) is 3. The minimum Gasteiger partial charge on any atom is -0.444 e. The van der Waals surface area contributed by atoms with Gasteiger partial charge in [-0.15, -0.1) is 5.10 Å². The average Bonchev–Trinajstić information content (AvgIpc) is 3.99. The fourth-order valence-electron chi connectivity index (χ4n) is 9.31. The van der Waals surface area contributed by atoms with Gasteiger partial charge in [-0.3, -0.25) is 14.6 Å². The van der Waals surface area contributed by atoms with E-state index >= 15 is 0 Å². The minimum absolute atomic E-state index is 0.0270. The number of anilines is 4. The Labute approximate surface area is 443 Å². The molecule has 10 rings (SSSR count). The maximum Gasteiger partial charge on any atom is 0.410 e. The Hall–Kier alpha value is -9.21. The second-order valence-electron chi connectivity index (χ2n) is 20.9. The Morgan fingerprint density at radius 1 is 0.688 bits per heavy atom. The average molecular weight is 1040 g/mol. The van der Waals surface area contributed by atoms with Crippen LogP contribution in [0.2, 0.25) is 0 Å². The Balaban J connectivity index is 0.874. The molecule has 8 aromatic rings. The summed E-state index contributed by atoms with van der Waals surface area (Å²) in [7, 11) is 0. The van der Waals surface area contributed by atoms with Gasteiger partial charge in [-0.05, 0) is 115 Å². The summed E-state index contributed by atoms with van der Waals surface area (Å²) in [4.78, 5) is 91.7. The number of aromatic nitrogens is 9. The number of pyridine rings is 3. The van der Waals surface area contributed by atoms with Crippen LogP contribution in [0.25, 0.3) is 28.3 Å². The summed E-state index contributed by atoms with van der Waals surface area (Å²) in [6, 6.07) is 26.8. The molecule has 0 radical (unpaired) electrons. The van der Waals surface area contributed by atoms with Gasteiger partial charge in [0.1, 0.15) is 22.6 Å². The Morgan fingerprint density at radius 2 is 1.42 bits per heavy atom. The molecule has 0 bridgehead atoms. The van der Waals surface area contributed by atoms with Crippen LogP contribution < -0.4 is 31.4 Å². The first-order valence-electron chi connectivity index (χ1n) is 25.4. The van der Waals surface area contributed by atoms with Crippen molar-refractivity contribution in [2.24, 2.45) is 0 Å². The first-order chi connectivity index (χ1) is 36.9. The predicted molar refractivity (Wildman–Crippen MR) is 289 cm³/mol. The molecule has 77 heavy (non-hydrogen) atoms. The number of piperazine rings is 1. The standard InChI is InChI=1S/C55H59N15O7/c1-54(2,3)76-51(73)59-38-14-12-23-67(34-38)44-18-10-8-15-39(44)62-49(72)41-30-35(31-47(61-41)69-43-17-9-7-13-36(43)32-57-69)29-37-21-24-68-50(58-37)64-70(52(68)74)46-19-11-16-40(60-46)48(71)63-42-33-56-22-20-45(42)65-25-27-66(28-26-65)53(75)77-55(4,5)6/h7-11,13,15-22,24,30-33,38H,12,14,23,25-29,34H2,1-6H3,(H,59,73)(H,62,72)(H,63,71)/t38-/m1/s1. The maximum atomic E-state index is 14.4. The lowest BCUT2D eigenvalue weighted by Gasteiger charge is -2.37. The Bertz CT molecular complexity index is 3590. The zero-order valence-corrected chi connectivity index (χ0v) is 43.6. The highest BCUT2D eigenvalue weighted by atomic mass is 16.6. The Kier molecular flexibility index (Phi) is 14.1. The lowest BCUT2D eigenvalue weighted by atomic mass is 10.0. The van der Waals surface area contributed by atoms with Crippen LogP contribution >= 0.6 is 0 Å². The lowest BCUT2D eigenvalue weighted by molar-refractivity contribution is 0.0240. The number of alkyl carbamates (subject to hydrolysis) is 1. The molecule has 6 aromatic heterocycles. The minimum atomic E-state index is -0.627. The number of fused-ring (bicyclic) bond motifs is 2.